The topological polar surface area (TPSA) is 67.7 Å². The summed E-state index contributed by atoms with van der Waals surface area (Å²) in [6, 6.07) is 11.0. The Kier molecular flexibility index (Phi) is 7.93. The van der Waals surface area contributed by atoms with E-state index in [0.29, 0.717) is 57.9 Å². The molecule has 2 amide bonds. The highest BCUT2D eigenvalue weighted by atomic mass is 35.5. The molecule has 2 aliphatic rings. The molecular weight excluding hydrogens is 554 g/mol. The number of carbonyl (C=O) groups excluding carboxylic acids is 2. The van der Waals surface area contributed by atoms with Crippen LogP contribution in [0.5, 0.6) is 0 Å². The molecular formula is C30H31Cl2FN4O3. The quantitative estimate of drug-likeness (QED) is 0.325. The number of rotatable bonds is 3. The van der Waals surface area contributed by atoms with Crippen LogP contribution in [-0.4, -0.2) is 56.8 Å². The van der Waals surface area contributed by atoms with Gasteiger partial charge in [0.2, 0.25) is 0 Å². The molecule has 2 aromatic carbocycles. The fourth-order valence-corrected chi connectivity index (χ4v) is 5.53. The van der Waals surface area contributed by atoms with Crippen molar-refractivity contribution in [2.45, 2.75) is 52.1 Å². The molecule has 0 spiro atoms. The lowest BCUT2D eigenvalue weighted by molar-refractivity contribution is 0.0351. The number of fused-ring (bicyclic) bond motifs is 1. The summed E-state index contributed by atoms with van der Waals surface area (Å²) in [4.78, 5) is 30.6. The van der Waals surface area contributed by atoms with Gasteiger partial charge in [0.1, 0.15) is 11.4 Å². The number of nitrogens with zero attached hydrogens (tertiary/aromatic N) is 4. The smallest absolute Gasteiger partial charge is 0.414 e. The summed E-state index contributed by atoms with van der Waals surface area (Å²) in [5.41, 5.74) is 2.51. The number of ether oxygens (including phenoxy) is 1. The highest BCUT2D eigenvalue weighted by Gasteiger charge is 2.37. The molecule has 1 fully saturated rings. The van der Waals surface area contributed by atoms with Crippen molar-refractivity contribution >= 4 is 47.0 Å². The van der Waals surface area contributed by atoms with E-state index in [4.69, 9.17) is 33.0 Å². The molecule has 0 radical (unpaired) electrons. The molecule has 0 atom stereocenters. The van der Waals surface area contributed by atoms with Crippen LogP contribution in [-0.2, 0) is 11.2 Å². The van der Waals surface area contributed by atoms with E-state index in [2.05, 4.69) is 0 Å². The van der Waals surface area contributed by atoms with Gasteiger partial charge in [0, 0.05) is 30.2 Å². The second kappa shape index (κ2) is 11.3. The first kappa shape index (κ1) is 28.2. The molecule has 3 aromatic rings. The molecule has 0 N–H and O–H groups in total. The van der Waals surface area contributed by atoms with Crippen molar-refractivity contribution in [2.24, 2.45) is 0 Å². The maximum absolute atomic E-state index is 13.8. The molecule has 3 heterocycles. The van der Waals surface area contributed by atoms with E-state index in [1.54, 1.807) is 61.9 Å². The van der Waals surface area contributed by atoms with E-state index in [9.17, 15) is 14.0 Å². The van der Waals surface area contributed by atoms with Crippen LogP contribution >= 0.6 is 23.2 Å². The fourth-order valence-electron chi connectivity index (χ4n) is 5.04. The second-order valence-corrected chi connectivity index (χ2v) is 11.8. The lowest BCUT2D eigenvalue weighted by Crippen LogP contribution is -2.40. The number of benzene rings is 2. The van der Waals surface area contributed by atoms with Crippen LogP contribution < -0.4 is 0 Å². The molecule has 0 saturated carbocycles. The summed E-state index contributed by atoms with van der Waals surface area (Å²) >= 11 is 12.8. The summed E-state index contributed by atoms with van der Waals surface area (Å²) in [6.45, 7) is 7.02. The Labute approximate surface area is 243 Å². The molecule has 2 aliphatic heterocycles. The Bertz CT molecular complexity index is 1470. The molecule has 5 rings (SSSR count). The van der Waals surface area contributed by atoms with Gasteiger partial charge in [0.05, 0.1) is 22.1 Å². The van der Waals surface area contributed by atoms with Crippen LogP contribution in [0.1, 0.15) is 67.3 Å². The van der Waals surface area contributed by atoms with Crippen molar-refractivity contribution in [3.05, 3.63) is 80.8 Å². The average Bonchev–Trinajstić information content (AvgIpc) is 3.29. The van der Waals surface area contributed by atoms with Crippen LogP contribution in [0, 0.1) is 5.82 Å². The number of halogens is 3. The van der Waals surface area contributed by atoms with Crippen molar-refractivity contribution < 1.29 is 18.7 Å². The van der Waals surface area contributed by atoms with Gasteiger partial charge in [-0.25, -0.2) is 13.9 Å². The molecule has 1 aromatic heterocycles. The summed E-state index contributed by atoms with van der Waals surface area (Å²) in [7, 11) is 0. The zero-order valence-corrected chi connectivity index (χ0v) is 24.2. The van der Waals surface area contributed by atoms with Crippen molar-refractivity contribution in [3.63, 3.8) is 0 Å². The molecule has 1 saturated heterocycles. The van der Waals surface area contributed by atoms with E-state index in [-0.39, 0.29) is 18.3 Å². The average molecular weight is 586 g/mol. The van der Waals surface area contributed by atoms with E-state index >= 15 is 0 Å². The van der Waals surface area contributed by atoms with Gasteiger partial charge in [0.25, 0.3) is 5.91 Å². The van der Waals surface area contributed by atoms with Gasteiger partial charge in [-0.1, -0.05) is 35.3 Å². The fraction of sp³-hybridized carbons (Fsp3) is 0.367. The molecule has 0 aliphatic carbocycles. The predicted molar refractivity (Wildman–Crippen MR) is 154 cm³/mol. The Morgan fingerprint density at radius 1 is 1.00 bits per heavy atom. The minimum atomic E-state index is -0.729. The Morgan fingerprint density at radius 3 is 2.35 bits per heavy atom. The second-order valence-electron chi connectivity index (χ2n) is 11.0. The molecule has 0 bridgehead atoms. The zero-order valence-electron chi connectivity index (χ0n) is 22.7. The predicted octanol–water partition coefficient (Wildman–Crippen LogP) is 7.24. The van der Waals surface area contributed by atoms with Crippen molar-refractivity contribution in [1.29, 1.82) is 0 Å². The molecule has 0 unspecified atom stereocenters. The lowest BCUT2D eigenvalue weighted by atomic mass is 9.98. The maximum atomic E-state index is 13.8. The van der Waals surface area contributed by atoms with Crippen molar-refractivity contribution in [1.82, 2.24) is 19.6 Å². The van der Waals surface area contributed by atoms with Crippen LogP contribution in [0.15, 0.2) is 42.5 Å². The Morgan fingerprint density at radius 2 is 1.70 bits per heavy atom. The van der Waals surface area contributed by atoms with E-state index in [1.807, 2.05) is 4.90 Å². The summed E-state index contributed by atoms with van der Waals surface area (Å²) in [5.74, 6) is -0.519. The first-order chi connectivity index (χ1) is 19.0. The standard InChI is InChI=1S/C30H31Cl2FN4O3/c1-30(2,3)40-29(39)36-16-13-22-26(28(38)35-14-5-4-6-15-35)34-37(24-12-9-20(31)18-23(24)32)27(22)25(36)17-19-7-10-21(33)11-8-19/h7-12,17-18H,4-6,13-16H2,1-3H3/b25-17+. The van der Waals surface area contributed by atoms with Crippen LogP contribution in [0.4, 0.5) is 9.18 Å². The van der Waals surface area contributed by atoms with Gasteiger partial charge >= 0.3 is 6.09 Å². The lowest BCUT2D eigenvalue weighted by Gasteiger charge is -2.33. The normalized spacial score (nSPS) is 16.7. The number of piperidine rings is 1. The molecule has 210 valence electrons. The molecule has 40 heavy (non-hydrogen) atoms. The number of aromatic nitrogens is 2. The van der Waals surface area contributed by atoms with Crippen molar-refractivity contribution in [2.75, 3.05) is 19.6 Å². The van der Waals surface area contributed by atoms with Crippen molar-refractivity contribution in [3.8, 4) is 5.69 Å². The van der Waals surface area contributed by atoms with Gasteiger partial charge in [-0.2, -0.15) is 5.10 Å². The largest absolute Gasteiger partial charge is 0.443 e. The van der Waals surface area contributed by atoms with E-state index in [0.717, 1.165) is 24.8 Å². The van der Waals surface area contributed by atoms with Gasteiger partial charge in [-0.3, -0.25) is 9.69 Å². The minimum Gasteiger partial charge on any atom is -0.443 e. The van der Waals surface area contributed by atoms with Crippen LogP contribution in [0.25, 0.3) is 17.5 Å². The molecule has 7 nitrogen and oxygen atoms in total. The number of hydrogen-bond donors (Lipinski definition) is 0. The van der Waals surface area contributed by atoms with Gasteiger partial charge in [0.15, 0.2) is 5.69 Å². The van der Waals surface area contributed by atoms with Crippen LogP contribution in [0.2, 0.25) is 10.0 Å². The third kappa shape index (κ3) is 5.88. The Balaban J connectivity index is 1.73. The molecule has 10 heteroatoms. The summed E-state index contributed by atoms with van der Waals surface area (Å²) < 4.78 is 21.1. The highest BCUT2D eigenvalue weighted by molar-refractivity contribution is 6.35. The SMILES string of the molecule is CC(C)(C)OC(=O)N1CCc2c(C(=O)N3CCCCC3)nn(-c3ccc(Cl)cc3Cl)c2/C1=C\c1ccc(F)cc1. The number of carbonyl (C=O) groups is 2. The third-order valence-corrected chi connectivity index (χ3v) is 7.41. The maximum Gasteiger partial charge on any atom is 0.414 e. The number of hydrogen-bond acceptors (Lipinski definition) is 4. The monoisotopic (exact) mass is 584 g/mol. The summed E-state index contributed by atoms with van der Waals surface area (Å²) in [6.07, 6.45) is 4.60. The van der Waals surface area contributed by atoms with E-state index in [1.165, 1.54) is 17.0 Å². The minimum absolute atomic E-state index is 0.147. The van der Waals surface area contributed by atoms with Crippen LogP contribution in [0.3, 0.4) is 0 Å². The number of likely N-dealkylation sites (tertiary alicyclic amines) is 1. The zero-order chi connectivity index (χ0) is 28.6. The third-order valence-electron chi connectivity index (χ3n) is 6.87. The Hall–Kier alpha value is -3.36. The van der Waals surface area contributed by atoms with E-state index < -0.39 is 11.7 Å². The first-order valence-electron chi connectivity index (χ1n) is 13.4. The van der Waals surface area contributed by atoms with Gasteiger partial charge in [-0.05, 0) is 88.4 Å². The number of amides is 2. The summed E-state index contributed by atoms with van der Waals surface area (Å²) in [5, 5.41) is 5.61. The van der Waals surface area contributed by atoms with Gasteiger partial charge < -0.3 is 9.64 Å². The van der Waals surface area contributed by atoms with Gasteiger partial charge in [-0.15, -0.1) is 0 Å². The highest BCUT2D eigenvalue weighted by Crippen LogP contribution is 2.38. The first-order valence-corrected chi connectivity index (χ1v) is 14.1.